The fraction of sp³-hybridized carbons (Fsp3) is 0.661. The lowest BCUT2D eigenvalue weighted by atomic mass is 10.0. The second kappa shape index (κ2) is 51.5. The van der Waals surface area contributed by atoms with E-state index in [1.807, 2.05) is 6.08 Å². The van der Waals surface area contributed by atoms with Gasteiger partial charge < -0.3 is 20.3 Å². The number of amides is 1. The highest BCUT2D eigenvalue weighted by Gasteiger charge is 2.23. The second-order valence-electron chi connectivity index (χ2n) is 17.5. The van der Waals surface area contributed by atoms with Gasteiger partial charge in [-0.25, -0.2) is 0 Å². The standard InChI is InChI=1S/C59H99NO5/c1-4-7-10-13-16-19-22-25-27-29-31-33-35-38-41-44-47-50-55(65-59(64)52-49-46-43-40-37-34-32-30-28-26-23-20-17-14-11-8-5-2)53-58(63)60-56(54-61)57(62)51-48-45-42-39-36-24-21-18-15-12-9-6-3/h7,10,16-17,19-20,25-28,31-34,38,41,47,50,55-57,61-62H,4-6,8-9,11-15,18,21-24,29-30,35-37,39-40,42-46,48-49,51-54H2,1-3H3,(H,60,63)/b10-7-,19-16-,20-17-,27-25-,28-26-,33-31-,34-32-,41-38-,50-47-. The predicted octanol–water partition coefficient (Wildman–Crippen LogP) is 16.3. The fourth-order valence-corrected chi connectivity index (χ4v) is 7.32. The molecular formula is C59H99NO5. The first-order valence-corrected chi connectivity index (χ1v) is 26.6. The van der Waals surface area contributed by atoms with Gasteiger partial charge in [0.2, 0.25) is 5.91 Å². The molecule has 370 valence electrons. The minimum Gasteiger partial charge on any atom is -0.458 e. The van der Waals surface area contributed by atoms with Crippen LogP contribution in [0.25, 0.3) is 0 Å². The lowest BCUT2D eigenvalue weighted by Crippen LogP contribution is -2.46. The number of rotatable bonds is 46. The largest absolute Gasteiger partial charge is 0.458 e. The Morgan fingerprint density at radius 1 is 0.477 bits per heavy atom. The van der Waals surface area contributed by atoms with Crippen molar-refractivity contribution in [1.82, 2.24) is 5.32 Å². The third kappa shape index (κ3) is 46.8. The van der Waals surface area contributed by atoms with Crippen LogP contribution in [0.1, 0.15) is 226 Å². The molecule has 6 nitrogen and oxygen atoms in total. The third-order valence-corrected chi connectivity index (χ3v) is 11.3. The van der Waals surface area contributed by atoms with E-state index in [4.69, 9.17) is 4.74 Å². The van der Waals surface area contributed by atoms with Crippen molar-refractivity contribution in [2.75, 3.05) is 6.61 Å². The van der Waals surface area contributed by atoms with Crippen molar-refractivity contribution in [3.63, 3.8) is 0 Å². The van der Waals surface area contributed by atoms with Gasteiger partial charge >= 0.3 is 5.97 Å². The van der Waals surface area contributed by atoms with Crippen LogP contribution in [0, 0.1) is 0 Å². The normalized spacial score (nSPS) is 14.1. The van der Waals surface area contributed by atoms with E-state index in [-0.39, 0.29) is 24.9 Å². The van der Waals surface area contributed by atoms with Crippen LogP contribution in [0.15, 0.2) is 109 Å². The molecule has 0 aromatic carbocycles. The first kappa shape index (κ1) is 61.5. The van der Waals surface area contributed by atoms with E-state index in [2.05, 4.69) is 123 Å². The molecule has 65 heavy (non-hydrogen) atoms. The lowest BCUT2D eigenvalue weighted by molar-refractivity contribution is -0.148. The molecule has 0 saturated heterocycles. The summed E-state index contributed by atoms with van der Waals surface area (Å²) in [4.78, 5) is 26.1. The van der Waals surface area contributed by atoms with E-state index in [1.54, 1.807) is 6.08 Å². The van der Waals surface area contributed by atoms with E-state index in [0.717, 1.165) is 96.3 Å². The summed E-state index contributed by atoms with van der Waals surface area (Å²) in [6, 6.07) is -0.754. The Balaban J connectivity index is 4.83. The third-order valence-electron chi connectivity index (χ3n) is 11.3. The second-order valence-corrected chi connectivity index (χ2v) is 17.5. The van der Waals surface area contributed by atoms with Crippen molar-refractivity contribution < 1.29 is 24.5 Å². The molecule has 0 aliphatic heterocycles. The molecule has 6 heteroatoms. The molecule has 3 N–H and O–H groups in total. The Morgan fingerprint density at radius 3 is 1.34 bits per heavy atom. The van der Waals surface area contributed by atoms with Gasteiger partial charge in [-0.15, -0.1) is 0 Å². The zero-order valence-corrected chi connectivity index (χ0v) is 42.1. The van der Waals surface area contributed by atoms with Gasteiger partial charge in [-0.3, -0.25) is 9.59 Å². The summed E-state index contributed by atoms with van der Waals surface area (Å²) < 4.78 is 5.82. The van der Waals surface area contributed by atoms with Gasteiger partial charge in [-0.05, 0) is 96.0 Å². The van der Waals surface area contributed by atoms with Crippen LogP contribution in [-0.4, -0.2) is 46.9 Å². The molecule has 0 bridgehead atoms. The first-order valence-electron chi connectivity index (χ1n) is 26.6. The molecular weight excluding hydrogens is 803 g/mol. The average Bonchev–Trinajstić information content (AvgIpc) is 3.30. The summed E-state index contributed by atoms with van der Waals surface area (Å²) in [6.07, 6.45) is 70.3. The van der Waals surface area contributed by atoms with Gasteiger partial charge in [0, 0.05) is 6.42 Å². The van der Waals surface area contributed by atoms with E-state index in [0.29, 0.717) is 19.3 Å². The molecule has 3 atom stereocenters. The fourth-order valence-electron chi connectivity index (χ4n) is 7.32. The van der Waals surface area contributed by atoms with Gasteiger partial charge in [-0.2, -0.15) is 0 Å². The van der Waals surface area contributed by atoms with Crippen molar-refractivity contribution >= 4 is 11.9 Å². The van der Waals surface area contributed by atoms with Crippen LogP contribution in [0.3, 0.4) is 0 Å². The maximum absolute atomic E-state index is 13.2. The molecule has 0 aromatic rings. The van der Waals surface area contributed by atoms with E-state index in [1.165, 1.54) is 83.5 Å². The molecule has 0 aliphatic rings. The number of carbonyl (C=O) groups is 2. The number of nitrogens with one attached hydrogen (secondary N) is 1. The highest BCUT2D eigenvalue weighted by molar-refractivity contribution is 5.78. The number of esters is 1. The first-order chi connectivity index (χ1) is 32.0. The van der Waals surface area contributed by atoms with Gasteiger partial charge in [0.1, 0.15) is 6.10 Å². The number of carbonyl (C=O) groups excluding carboxylic acids is 2. The number of allylic oxidation sites excluding steroid dienone is 17. The van der Waals surface area contributed by atoms with Gasteiger partial charge in [0.05, 0.1) is 25.2 Å². The molecule has 0 heterocycles. The SMILES string of the molecule is CC/C=C\C/C=C\C/C=C\C/C=C\C/C=C\C/C=C\C(CC(=O)NC(CO)C(O)CCCCCCCCCCCCCC)OC(=O)CCCCCC/C=C\C/C=C\C/C=C\CCCCC. The molecule has 0 spiro atoms. The number of unbranched alkanes of at least 4 members (excludes halogenated alkanes) is 18. The average molecular weight is 902 g/mol. The molecule has 0 saturated carbocycles. The molecule has 1 amide bonds. The summed E-state index contributed by atoms with van der Waals surface area (Å²) in [5.41, 5.74) is 0. The Bertz CT molecular complexity index is 1330. The minimum absolute atomic E-state index is 0.0625. The van der Waals surface area contributed by atoms with Crippen molar-refractivity contribution in [2.45, 2.75) is 244 Å². The Morgan fingerprint density at radius 2 is 0.862 bits per heavy atom. The highest BCUT2D eigenvalue weighted by atomic mass is 16.5. The van der Waals surface area contributed by atoms with Crippen molar-refractivity contribution in [3.05, 3.63) is 109 Å². The molecule has 0 radical (unpaired) electrons. The quantitative estimate of drug-likeness (QED) is 0.0321. The van der Waals surface area contributed by atoms with Crippen LogP contribution in [0.4, 0.5) is 0 Å². The lowest BCUT2D eigenvalue weighted by Gasteiger charge is -2.23. The number of ether oxygens (including phenoxy) is 1. The monoisotopic (exact) mass is 902 g/mol. The maximum Gasteiger partial charge on any atom is 0.306 e. The summed E-state index contributed by atoms with van der Waals surface area (Å²) >= 11 is 0. The van der Waals surface area contributed by atoms with Crippen molar-refractivity contribution in [3.8, 4) is 0 Å². The number of aliphatic hydroxyl groups is 2. The van der Waals surface area contributed by atoms with Gasteiger partial charge in [0.15, 0.2) is 0 Å². The molecule has 0 aromatic heterocycles. The minimum atomic E-state index is -0.830. The van der Waals surface area contributed by atoms with E-state index < -0.39 is 18.2 Å². The molecule has 3 unspecified atom stereocenters. The number of hydrogen-bond acceptors (Lipinski definition) is 5. The van der Waals surface area contributed by atoms with Crippen molar-refractivity contribution in [2.24, 2.45) is 0 Å². The number of aliphatic hydroxyl groups excluding tert-OH is 2. The summed E-state index contributed by atoms with van der Waals surface area (Å²) in [7, 11) is 0. The summed E-state index contributed by atoms with van der Waals surface area (Å²) in [6.45, 7) is 6.29. The molecule has 0 rings (SSSR count). The maximum atomic E-state index is 13.2. The Labute approximate surface area is 400 Å². The smallest absolute Gasteiger partial charge is 0.306 e. The Kier molecular flexibility index (Phi) is 48.7. The van der Waals surface area contributed by atoms with Crippen LogP contribution in [-0.2, 0) is 14.3 Å². The number of hydrogen-bond donors (Lipinski definition) is 3. The summed E-state index contributed by atoms with van der Waals surface area (Å²) in [5, 5.41) is 23.7. The highest BCUT2D eigenvalue weighted by Crippen LogP contribution is 2.15. The summed E-state index contributed by atoms with van der Waals surface area (Å²) in [5.74, 6) is -0.663. The predicted molar refractivity (Wildman–Crippen MR) is 282 cm³/mol. The molecule has 0 aliphatic carbocycles. The van der Waals surface area contributed by atoms with Crippen LogP contribution in [0.2, 0.25) is 0 Å². The topological polar surface area (TPSA) is 95.9 Å². The molecule has 0 fully saturated rings. The Hall–Kier alpha value is -3.48. The zero-order chi connectivity index (χ0) is 47.4. The van der Waals surface area contributed by atoms with Crippen LogP contribution in [0.5, 0.6) is 0 Å². The van der Waals surface area contributed by atoms with E-state index >= 15 is 0 Å². The van der Waals surface area contributed by atoms with Crippen LogP contribution >= 0.6 is 0 Å². The van der Waals surface area contributed by atoms with Gasteiger partial charge in [0.25, 0.3) is 0 Å². The van der Waals surface area contributed by atoms with Gasteiger partial charge in [-0.1, -0.05) is 227 Å². The zero-order valence-electron chi connectivity index (χ0n) is 42.1. The van der Waals surface area contributed by atoms with Crippen molar-refractivity contribution in [1.29, 1.82) is 0 Å². The van der Waals surface area contributed by atoms with Crippen LogP contribution < -0.4 is 5.32 Å². The van der Waals surface area contributed by atoms with E-state index in [9.17, 15) is 19.8 Å².